The monoisotopic (exact) mass is 174 g/mol. The van der Waals surface area contributed by atoms with Gasteiger partial charge in [-0.25, -0.2) is 0 Å². The molecule has 1 N–H and O–H groups in total. The van der Waals surface area contributed by atoms with Gasteiger partial charge in [-0.15, -0.1) is 20.4 Å². The summed E-state index contributed by atoms with van der Waals surface area (Å²) in [6.07, 6.45) is 1.24. The van der Waals surface area contributed by atoms with Crippen molar-refractivity contribution >= 4 is 0 Å². The predicted molar refractivity (Wildman–Crippen MR) is 44.7 cm³/mol. The van der Waals surface area contributed by atoms with Gasteiger partial charge in [0, 0.05) is 0 Å². The molecule has 2 aromatic rings. The van der Waals surface area contributed by atoms with Gasteiger partial charge in [-0.05, 0) is 12.1 Å². The van der Waals surface area contributed by atoms with Crippen molar-refractivity contribution in [3.63, 3.8) is 0 Å². The Morgan fingerprint density at radius 2 is 1.69 bits per heavy atom. The third-order valence-corrected chi connectivity index (χ3v) is 1.55. The number of benzene rings is 1. The van der Waals surface area contributed by atoms with Crippen molar-refractivity contribution < 1.29 is 5.11 Å². The van der Waals surface area contributed by atoms with E-state index in [0.29, 0.717) is 11.4 Å². The topological polar surface area (TPSA) is 71.8 Å². The molecule has 1 aromatic heterocycles. The number of hydrogen-bond donors (Lipinski definition) is 1. The maximum atomic E-state index is 9.43. The van der Waals surface area contributed by atoms with Crippen LogP contribution >= 0.6 is 0 Å². The fraction of sp³-hybridized carbons (Fsp3) is 0. The average Bonchev–Trinajstić information content (AvgIpc) is 2.20. The molecule has 0 fully saturated rings. The van der Waals surface area contributed by atoms with Gasteiger partial charge in [0.15, 0.2) is 6.33 Å². The minimum Gasteiger partial charge on any atom is -0.507 e. The maximum absolute atomic E-state index is 9.43. The summed E-state index contributed by atoms with van der Waals surface area (Å²) in [4.78, 5) is 0. The van der Waals surface area contributed by atoms with Crippen LogP contribution in [0.5, 0.6) is 5.75 Å². The van der Waals surface area contributed by atoms with E-state index in [4.69, 9.17) is 0 Å². The minimum absolute atomic E-state index is 0.123. The van der Waals surface area contributed by atoms with Gasteiger partial charge in [-0.2, -0.15) is 0 Å². The van der Waals surface area contributed by atoms with Crippen LogP contribution in [0.2, 0.25) is 0 Å². The molecule has 2 rings (SSSR count). The fourth-order valence-electron chi connectivity index (χ4n) is 0.975. The number of phenols is 1. The second-order valence-corrected chi connectivity index (χ2v) is 2.39. The lowest BCUT2D eigenvalue weighted by atomic mass is 10.2. The SMILES string of the molecule is Oc1ccccc1-c1nncnn1. The minimum atomic E-state index is 0.123. The van der Waals surface area contributed by atoms with Crippen LogP contribution < -0.4 is 0 Å². The van der Waals surface area contributed by atoms with Crippen molar-refractivity contribution in [3.05, 3.63) is 30.6 Å². The lowest BCUT2D eigenvalue weighted by molar-refractivity contribution is 0.476. The van der Waals surface area contributed by atoms with E-state index in [1.807, 2.05) is 0 Å². The first-order valence-corrected chi connectivity index (χ1v) is 3.66. The molecule has 0 saturated heterocycles. The van der Waals surface area contributed by atoms with Crippen molar-refractivity contribution in [2.45, 2.75) is 0 Å². The maximum Gasteiger partial charge on any atom is 0.207 e. The van der Waals surface area contributed by atoms with Crippen LogP contribution in [0.4, 0.5) is 0 Å². The van der Waals surface area contributed by atoms with Gasteiger partial charge in [0.2, 0.25) is 5.82 Å². The first-order valence-electron chi connectivity index (χ1n) is 3.66. The Hall–Kier alpha value is -2.04. The highest BCUT2D eigenvalue weighted by molar-refractivity contribution is 5.62. The molecule has 64 valence electrons. The molecular weight excluding hydrogens is 168 g/mol. The summed E-state index contributed by atoms with van der Waals surface area (Å²) in [5.74, 6) is 0.443. The van der Waals surface area contributed by atoms with E-state index in [2.05, 4.69) is 20.4 Å². The van der Waals surface area contributed by atoms with E-state index in [-0.39, 0.29) is 5.75 Å². The van der Waals surface area contributed by atoms with Gasteiger partial charge in [0.05, 0.1) is 5.56 Å². The number of aromatic nitrogens is 4. The number of hydrogen-bond acceptors (Lipinski definition) is 5. The fourth-order valence-corrected chi connectivity index (χ4v) is 0.975. The van der Waals surface area contributed by atoms with Crippen molar-refractivity contribution in [1.29, 1.82) is 0 Å². The third-order valence-electron chi connectivity index (χ3n) is 1.55. The lowest BCUT2D eigenvalue weighted by Crippen LogP contribution is -1.93. The molecule has 0 unspecified atom stereocenters. The zero-order valence-electron chi connectivity index (χ0n) is 6.62. The Morgan fingerprint density at radius 3 is 2.38 bits per heavy atom. The van der Waals surface area contributed by atoms with Gasteiger partial charge in [-0.3, -0.25) is 0 Å². The number of para-hydroxylation sites is 1. The molecule has 0 bridgehead atoms. The summed E-state index contributed by atoms with van der Waals surface area (Å²) in [6, 6.07) is 6.77. The van der Waals surface area contributed by atoms with E-state index in [1.165, 1.54) is 6.33 Å². The van der Waals surface area contributed by atoms with Gasteiger partial charge >= 0.3 is 0 Å². The van der Waals surface area contributed by atoms with E-state index in [9.17, 15) is 5.11 Å². The molecule has 0 spiro atoms. The van der Waals surface area contributed by atoms with Crippen LogP contribution in [-0.2, 0) is 0 Å². The van der Waals surface area contributed by atoms with Gasteiger partial charge in [0.25, 0.3) is 0 Å². The van der Waals surface area contributed by atoms with Crippen molar-refractivity contribution in [2.24, 2.45) is 0 Å². The van der Waals surface area contributed by atoms with Crippen LogP contribution in [-0.4, -0.2) is 25.5 Å². The molecule has 0 saturated carbocycles. The van der Waals surface area contributed by atoms with E-state index < -0.39 is 0 Å². The molecule has 0 aliphatic heterocycles. The highest BCUT2D eigenvalue weighted by Crippen LogP contribution is 2.23. The van der Waals surface area contributed by atoms with Crippen LogP contribution in [0.3, 0.4) is 0 Å². The first kappa shape index (κ1) is 7.60. The zero-order valence-corrected chi connectivity index (χ0v) is 6.62. The van der Waals surface area contributed by atoms with Gasteiger partial charge < -0.3 is 5.11 Å². The molecule has 0 radical (unpaired) electrons. The summed E-state index contributed by atoms with van der Waals surface area (Å²) in [7, 11) is 0. The molecule has 0 atom stereocenters. The summed E-state index contributed by atoms with van der Waals surface area (Å²) in [5.41, 5.74) is 0.531. The van der Waals surface area contributed by atoms with E-state index in [1.54, 1.807) is 24.3 Å². The first-order chi connectivity index (χ1) is 6.38. The van der Waals surface area contributed by atoms with Crippen LogP contribution in [0.25, 0.3) is 11.4 Å². The van der Waals surface area contributed by atoms with Crippen LogP contribution in [0, 0.1) is 0 Å². The second kappa shape index (κ2) is 3.14. The number of phenolic OH excluding ortho intramolecular Hbond substituents is 1. The molecule has 0 aliphatic carbocycles. The molecule has 13 heavy (non-hydrogen) atoms. The molecule has 5 heteroatoms. The molecule has 0 amide bonds. The average molecular weight is 174 g/mol. The van der Waals surface area contributed by atoms with Crippen molar-refractivity contribution in [3.8, 4) is 17.1 Å². The van der Waals surface area contributed by atoms with E-state index >= 15 is 0 Å². The Bertz CT molecular complexity index is 404. The van der Waals surface area contributed by atoms with E-state index in [0.717, 1.165) is 0 Å². The van der Waals surface area contributed by atoms with Gasteiger partial charge in [-0.1, -0.05) is 12.1 Å². The summed E-state index contributed by atoms with van der Waals surface area (Å²) in [5, 5.41) is 24.0. The molecule has 1 heterocycles. The van der Waals surface area contributed by atoms with Crippen molar-refractivity contribution in [2.75, 3.05) is 0 Å². The summed E-state index contributed by atoms with van der Waals surface area (Å²) in [6.45, 7) is 0. The Morgan fingerprint density at radius 1 is 1.00 bits per heavy atom. The largest absolute Gasteiger partial charge is 0.507 e. The highest BCUT2D eigenvalue weighted by Gasteiger charge is 2.05. The smallest absolute Gasteiger partial charge is 0.207 e. The Kier molecular flexibility index (Phi) is 1.84. The molecule has 1 aromatic carbocycles. The quantitative estimate of drug-likeness (QED) is 0.686. The summed E-state index contributed by atoms with van der Waals surface area (Å²) < 4.78 is 0. The molecule has 5 nitrogen and oxygen atoms in total. The normalized spacial score (nSPS) is 9.85. The third kappa shape index (κ3) is 1.44. The second-order valence-electron chi connectivity index (χ2n) is 2.39. The molecule has 0 aliphatic rings. The summed E-state index contributed by atoms with van der Waals surface area (Å²) >= 11 is 0. The molecular formula is C8H6N4O. The number of aromatic hydroxyl groups is 1. The van der Waals surface area contributed by atoms with Crippen LogP contribution in [0.1, 0.15) is 0 Å². The van der Waals surface area contributed by atoms with Gasteiger partial charge in [0.1, 0.15) is 5.75 Å². The Balaban J connectivity index is 2.54. The standard InChI is InChI=1S/C8H6N4O/c13-7-4-2-1-3-6(7)8-11-9-5-10-12-8/h1-5,13H. The zero-order chi connectivity index (χ0) is 9.10. The predicted octanol–water partition coefficient (Wildman–Crippen LogP) is 0.639. The lowest BCUT2D eigenvalue weighted by Gasteiger charge is -1.98. The number of nitrogens with zero attached hydrogens (tertiary/aromatic N) is 4. The number of rotatable bonds is 1. The Labute approximate surface area is 74.1 Å². The van der Waals surface area contributed by atoms with Crippen molar-refractivity contribution in [1.82, 2.24) is 20.4 Å². The highest BCUT2D eigenvalue weighted by atomic mass is 16.3. The van der Waals surface area contributed by atoms with Crippen LogP contribution in [0.15, 0.2) is 30.6 Å².